The summed E-state index contributed by atoms with van der Waals surface area (Å²) in [5.74, 6) is 0.996. The van der Waals surface area contributed by atoms with E-state index in [-0.39, 0.29) is 5.75 Å². The van der Waals surface area contributed by atoms with Crippen molar-refractivity contribution in [3.8, 4) is 5.75 Å². The van der Waals surface area contributed by atoms with E-state index in [1.807, 2.05) is 18.3 Å². The van der Waals surface area contributed by atoms with E-state index in [0.29, 0.717) is 11.8 Å². The zero-order valence-electron chi connectivity index (χ0n) is 19.7. The van der Waals surface area contributed by atoms with Gasteiger partial charge < -0.3 is 10.0 Å². The maximum atomic E-state index is 10.6. The SMILES string of the molecule is Oc1c(I)cc(I)cc1C=Nc1cc2c3c(c1)[C@@H](c1ccccc1)CCN3CC[C@@H]2c1ccccc1. The monoisotopic (exact) mass is 696 g/mol. The van der Waals surface area contributed by atoms with Crippen LogP contribution in [0.15, 0.2) is 89.9 Å². The summed E-state index contributed by atoms with van der Waals surface area (Å²) in [6, 6.07) is 30.3. The van der Waals surface area contributed by atoms with Crippen LogP contribution >= 0.6 is 45.2 Å². The van der Waals surface area contributed by atoms with Crippen LogP contribution in [0.25, 0.3) is 0 Å². The van der Waals surface area contributed by atoms with Crippen molar-refractivity contribution in [1.82, 2.24) is 0 Å². The zero-order valence-corrected chi connectivity index (χ0v) is 24.1. The third-order valence-corrected chi connectivity index (χ3v) is 8.86. The summed E-state index contributed by atoms with van der Waals surface area (Å²) in [4.78, 5) is 7.52. The largest absolute Gasteiger partial charge is 0.506 e. The van der Waals surface area contributed by atoms with Crippen molar-refractivity contribution < 1.29 is 5.11 Å². The summed E-state index contributed by atoms with van der Waals surface area (Å²) in [6.45, 7) is 2.16. The highest BCUT2D eigenvalue weighted by molar-refractivity contribution is 14.1. The minimum absolute atomic E-state index is 0.287. The Kier molecular flexibility index (Phi) is 6.77. The fourth-order valence-corrected chi connectivity index (χ4v) is 7.63. The first-order chi connectivity index (χ1) is 17.6. The molecule has 0 saturated carbocycles. The van der Waals surface area contributed by atoms with Crippen molar-refractivity contribution in [3.63, 3.8) is 0 Å². The Bertz CT molecular complexity index is 1360. The number of hydrogen-bond acceptors (Lipinski definition) is 3. The lowest BCUT2D eigenvalue weighted by Gasteiger charge is -2.43. The van der Waals surface area contributed by atoms with Crippen LogP contribution in [-0.4, -0.2) is 24.4 Å². The van der Waals surface area contributed by atoms with Gasteiger partial charge >= 0.3 is 0 Å². The van der Waals surface area contributed by atoms with Crippen LogP contribution in [0, 0.1) is 7.14 Å². The molecule has 0 unspecified atom stereocenters. The number of rotatable bonds is 4. The predicted octanol–water partition coefficient (Wildman–Crippen LogP) is 8.23. The van der Waals surface area contributed by atoms with Gasteiger partial charge in [-0.3, -0.25) is 4.99 Å². The zero-order chi connectivity index (χ0) is 24.6. The molecule has 2 aliphatic rings. The van der Waals surface area contributed by atoms with E-state index in [1.54, 1.807) is 0 Å². The minimum Gasteiger partial charge on any atom is -0.506 e. The first-order valence-electron chi connectivity index (χ1n) is 12.3. The first kappa shape index (κ1) is 24.0. The summed E-state index contributed by atoms with van der Waals surface area (Å²) >= 11 is 4.46. The number of halogens is 2. The molecule has 0 aliphatic carbocycles. The molecule has 4 aromatic rings. The minimum atomic E-state index is 0.287. The van der Waals surface area contributed by atoms with Crippen LogP contribution in [0.3, 0.4) is 0 Å². The Morgan fingerprint density at radius 3 is 1.89 bits per heavy atom. The molecule has 4 aromatic carbocycles. The van der Waals surface area contributed by atoms with Gasteiger partial charge in [0.2, 0.25) is 0 Å². The lowest BCUT2D eigenvalue weighted by atomic mass is 9.76. The summed E-state index contributed by atoms with van der Waals surface area (Å²) in [7, 11) is 0. The first-order valence-corrected chi connectivity index (χ1v) is 14.5. The molecule has 6 rings (SSSR count). The van der Waals surface area contributed by atoms with Crippen LogP contribution in [-0.2, 0) is 0 Å². The maximum Gasteiger partial charge on any atom is 0.137 e. The predicted molar refractivity (Wildman–Crippen MR) is 165 cm³/mol. The molecule has 0 saturated heterocycles. The second-order valence-electron chi connectivity index (χ2n) is 9.55. The third kappa shape index (κ3) is 4.56. The Hall–Kier alpha value is -2.39. The van der Waals surface area contributed by atoms with E-state index in [2.05, 4.69) is 123 Å². The smallest absolute Gasteiger partial charge is 0.137 e. The van der Waals surface area contributed by atoms with Crippen molar-refractivity contribution in [2.75, 3.05) is 18.0 Å². The van der Waals surface area contributed by atoms with Crippen LogP contribution in [0.5, 0.6) is 5.75 Å². The number of hydrogen-bond donors (Lipinski definition) is 1. The van der Waals surface area contributed by atoms with Crippen LogP contribution in [0.1, 0.15) is 52.5 Å². The molecule has 2 heterocycles. The van der Waals surface area contributed by atoms with Gasteiger partial charge in [0.1, 0.15) is 5.75 Å². The Morgan fingerprint density at radius 2 is 1.33 bits per heavy atom. The standard InChI is InChI=1S/C31H26I2N2O/c32-23-15-22(31(36)29(33)16-23)19-34-24-17-27-25(20-7-3-1-4-8-20)11-13-35-14-12-26(28(18-24)30(27)35)21-9-5-2-6-10-21/h1-10,15-19,25-26,36H,11-14H2/t25-,26-/m1/s1. The summed E-state index contributed by atoms with van der Waals surface area (Å²) < 4.78 is 1.92. The number of aliphatic imine (C=N–C) groups is 1. The maximum absolute atomic E-state index is 10.6. The molecule has 0 fully saturated rings. The summed E-state index contributed by atoms with van der Waals surface area (Å²) in [5.41, 5.74) is 8.58. The van der Waals surface area contributed by atoms with E-state index in [9.17, 15) is 5.11 Å². The van der Waals surface area contributed by atoms with Gasteiger partial charge in [0.25, 0.3) is 0 Å². The van der Waals surface area contributed by atoms with Crippen molar-refractivity contribution in [3.05, 3.63) is 120 Å². The van der Waals surface area contributed by atoms with Crippen molar-refractivity contribution in [1.29, 1.82) is 0 Å². The van der Waals surface area contributed by atoms with Gasteiger partial charge in [-0.15, -0.1) is 0 Å². The highest BCUT2D eigenvalue weighted by Crippen LogP contribution is 2.50. The van der Waals surface area contributed by atoms with Gasteiger partial charge in [0, 0.05) is 46.0 Å². The van der Waals surface area contributed by atoms with Gasteiger partial charge in [-0.1, -0.05) is 60.7 Å². The highest BCUT2D eigenvalue weighted by Gasteiger charge is 2.35. The normalized spacial score (nSPS) is 18.9. The molecule has 180 valence electrons. The summed E-state index contributed by atoms with van der Waals surface area (Å²) in [5, 5.41) is 10.6. The van der Waals surface area contributed by atoms with Crippen molar-refractivity contribution in [2.45, 2.75) is 24.7 Å². The Labute approximate surface area is 239 Å². The van der Waals surface area contributed by atoms with E-state index < -0.39 is 0 Å². The van der Waals surface area contributed by atoms with E-state index in [0.717, 1.165) is 44.3 Å². The molecule has 5 heteroatoms. The molecule has 0 amide bonds. The van der Waals surface area contributed by atoms with Gasteiger partial charge in [0.15, 0.2) is 0 Å². The van der Waals surface area contributed by atoms with E-state index in [4.69, 9.17) is 4.99 Å². The molecular weight excluding hydrogens is 670 g/mol. The van der Waals surface area contributed by atoms with Crippen LogP contribution in [0.2, 0.25) is 0 Å². The molecule has 36 heavy (non-hydrogen) atoms. The molecule has 0 radical (unpaired) electrons. The van der Waals surface area contributed by atoms with Crippen LogP contribution < -0.4 is 4.90 Å². The molecule has 0 spiro atoms. The summed E-state index contributed by atoms with van der Waals surface area (Å²) in [6.07, 6.45) is 4.03. The quantitative estimate of drug-likeness (QED) is 0.173. The number of phenols is 1. The average Bonchev–Trinajstić information content (AvgIpc) is 2.91. The van der Waals surface area contributed by atoms with E-state index >= 15 is 0 Å². The number of aromatic hydroxyl groups is 1. The highest BCUT2D eigenvalue weighted by atomic mass is 127. The number of nitrogens with zero attached hydrogens (tertiary/aromatic N) is 2. The Balaban J connectivity index is 1.51. The van der Waals surface area contributed by atoms with Gasteiger partial charge in [-0.25, -0.2) is 0 Å². The molecule has 0 bridgehead atoms. The third-order valence-electron chi connectivity index (χ3n) is 7.41. The van der Waals surface area contributed by atoms with Gasteiger partial charge in [-0.05, 0) is 105 Å². The fraction of sp³-hybridized carbons (Fsp3) is 0.194. The molecule has 2 aliphatic heterocycles. The molecule has 2 atom stereocenters. The fourth-order valence-electron chi connectivity index (χ4n) is 5.74. The van der Waals surface area contributed by atoms with Gasteiger partial charge in [-0.2, -0.15) is 0 Å². The van der Waals surface area contributed by atoms with E-state index in [1.165, 1.54) is 27.9 Å². The molecular formula is C31H26I2N2O. The average molecular weight is 696 g/mol. The lowest BCUT2D eigenvalue weighted by Crippen LogP contribution is -2.37. The second-order valence-corrected chi connectivity index (χ2v) is 12.0. The number of benzene rings is 4. The molecule has 3 nitrogen and oxygen atoms in total. The number of anilines is 1. The molecule has 1 N–H and O–H groups in total. The second kappa shape index (κ2) is 10.2. The molecule has 0 aromatic heterocycles. The number of phenolic OH excluding ortho intramolecular Hbond substituents is 1. The Morgan fingerprint density at radius 1 is 0.778 bits per heavy atom. The van der Waals surface area contributed by atoms with Crippen molar-refractivity contribution in [2.24, 2.45) is 4.99 Å². The van der Waals surface area contributed by atoms with Crippen molar-refractivity contribution >= 4 is 62.8 Å². The van der Waals surface area contributed by atoms with Crippen LogP contribution in [0.4, 0.5) is 11.4 Å². The topological polar surface area (TPSA) is 35.8 Å². The lowest BCUT2D eigenvalue weighted by molar-refractivity contribution is 0.470. The van der Waals surface area contributed by atoms with Gasteiger partial charge in [0.05, 0.1) is 9.26 Å².